The lowest BCUT2D eigenvalue weighted by molar-refractivity contribution is -0.122. The second-order valence-corrected chi connectivity index (χ2v) is 6.85. The summed E-state index contributed by atoms with van der Waals surface area (Å²) >= 11 is 0. The van der Waals surface area contributed by atoms with Crippen LogP contribution in [0.25, 0.3) is 0 Å². The number of nitrogens with one attached hydrogen (secondary N) is 2. The summed E-state index contributed by atoms with van der Waals surface area (Å²) in [5.74, 6) is 2.92. The van der Waals surface area contributed by atoms with Gasteiger partial charge in [-0.25, -0.2) is 0 Å². The van der Waals surface area contributed by atoms with Crippen LogP contribution in [0.5, 0.6) is 11.5 Å². The fourth-order valence-corrected chi connectivity index (χ4v) is 3.53. The number of halogens is 1. The van der Waals surface area contributed by atoms with Crippen molar-refractivity contribution in [1.29, 1.82) is 0 Å². The van der Waals surface area contributed by atoms with Crippen molar-refractivity contribution in [3.05, 3.63) is 23.8 Å². The summed E-state index contributed by atoms with van der Waals surface area (Å²) in [6.07, 6.45) is 3.81. The summed E-state index contributed by atoms with van der Waals surface area (Å²) in [7, 11) is 0. The van der Waals surface area contributed by atoms with Gasteiger partial charge in [0.15, 0.2) is 11.5 Å². The molecule has 2 heterocycles. The van der Waals surface area contributed by atoms with Crippen LogP contribution in [0, 0.1) is 11.8 Å². The minimum atomic E-state index is 0. The van der Waals surface area contributed by atoms with Gasteiger partial charge in [-0.3, -0.25) is 4.79 Å². The SMILES string of the molecule is CC(CC(=O)NCCc1ccc2c(c1)OCCO2)C1CCNCC1.Cl. The monoisotopic (exact) mass is 368 g/mol. The third-order valence-electron chi connectivity index (χ3n) is 5.04. The van der Waals surface area contributed by atoms with Crippen LogP contribution in [0.2, 0.25) is 0 Å². The molecule has 2 aliphatic heterocycles. The number of rotatable bonds is 6. The fourth-order valence-electron chi connectivity index (χ4n) is 3.53. The Kier molecular flexibility index (Phi) is 7.85. The van der Waals surface area contributed by atoms with Gasteiger partial charge in [-0.05, 0) is 61.9 Å². The maximum absolute atomic E-state index is 12.1. The highest BCUT2D eigenvalue weighted by Gasteiger charge is 2.21. The van der Waals surface area contributed by atoms with E-state index in [9.17, 15) is 4.79 Å². The van der Waals surface area contributed by atoms with E-state index in [2.05, 4.69) is 17.6 Å². The molecule has 1 saturated heterocycles. The van der Waals surface area contributed by atoms with Gasteiger partial charge in [-0.15, -0.1) is 12.4 Å². The lowest BCUT2D eigenvalue weighted by Gasteiger charge is -2.27. The number of amides is 1. The van der Waals surface area contributed by atoms with Gasteiger partial charge >= 0.3 is 0 Å². The van der Waals surface area contributed by atoms with Crippen molar-refractivity contribution in [3.63, 3.8) is 0 Å². The van der Waals surface area contributed by atoms with Crippen molar-refractivity contribution >= 4 is 18.3 Å². The molecule has 2 aliphatic rings. The average Bonchev–Trinajstić information content (AvgIpc) is 2.62. The van der Waals surface area contributed by atoms with E-state index in [-0.39, 0.29) is 18.3 Å². The Labute approximate surface area is 156 Å². The Morgan fingerprint density at radius 1 is 1.24 bits per heavy atom. The lowest BCUT2D eigenvalue weighted by Crippen LogP contribution is -2.34. The van der Waals surface area contributed by atoms with E-state index >= 15 is 0 Å². The molecular formula is C19H29ClN2O3. The molecule has 25 heavy (non-hydrogen) atoms. The first-order valence-electron chi connectivity index (χ1n) is 9.08. The van der Waals surface area contributed by atoms with E-state index in [1.165, 1.54) is 12.8 Å². The smallest absolute Gasteiger partial charge is 0.220 e. The zero-order valence-electron chi connectivity index (χ0n) is 14.9. The number of hydrogen-bond acceptors (Lipinski definition) is 4. The van der Waals surface area contributed by atoms with E-state index in [1.54, 1.807) is 0 Å². The molecule has 0 saturated carbocycles. The Bertz CT molecular complexity index is 562. The Morgan fingerprint density at radius 3 is 2.72 bits per heavy atom. The molecular weight excluding hydrogens is 340 g/mol. The van der Waals surface area contributed by atoms with Crippen molar-refractivity contribution in [2.75, 3.05) is 32.8 Å². The molecule has 1 aromatic carbocycles. The van der Waals surface area contributed by atoms with Crippen LogP contribution in [-0.2, 0) is 11.2 Å². The molecule has 0 spiro atoms. The van der Waals surface area contributed by atoms with Gasteiger partial charge in [0.05, 0.1) is 0 Å². The van der Waals surface area contributed by atoms with Crippen LogP contribution in [0.4, 0.5) is 0 Å². The van der Waals surface area contributed by atoms with E-state index in [0.29, 0.717) is 38.0 Å². The van der Waals surface area contributed by atoms with Crippen LogP contribution < -0.4 is 20.1 Å². The third-order valence-corrected chi connectivity index (χ3v) is 5.04. The Hall–Kier alpha value is -1.46. The van der Waals surface area contributed by atoms with Gasteiger partial charge < -0.3 is 20.1 Å². The summed E-state index contributed by atoms with van der Waals surface area (Å²) in [4.78, 5) is 12.1. The molecule has 1 fully saturated rings. The van der Waals surface area contributed by atoms with Crippen molar-refractivity contribution in [1.82, 2.24) is 10.6 Å². The lowest BCUT2D eigenvalue weighted by atomic mass is 9.84. The summed E-state index contributed by atoms with van der Waals surface area (Å²) < 4.78 is 11.1. The predicted octanol–water partition coefficient (Wildman–Crippen LogP) is 2.56. The van der Waals surface area contributed by atoms with E-state index in [1.807, 2.05) is 18.2 Å². The van der Waals surface area contributed by atoms with Gasteiger partial charge in [-0.1, -0.05) is 13.0 Å². The number of piperidine rings is 1. The molecule has 3 rings (SSSR count). The molecule has 2 N–H and O–H groups in total. The van der Waals surface area contributed by atoms with Crippen molar-refractivity contribution < 1.29 is 14.3 Å². The maximum Gasteiger partial charge on any atom is 0.220 e. The molecule has 1 aromatic rings. The fraction of sp³-hybridized carbons (Fsp3) is 0.632. The van der Waals surface area contributed by atoms with Crippen LogP contribution in [0.3, 0.4) is 0 Å². The average molecular weight is 369 g/mol. The molecule has 6 heteroatoms. The van der Waals surface area contributed by atoms with Crippen LogP contribution in [0.15, 0.2) is 18.2 Å². The summed E-state index contributed by atoms with van der Waals surface area (Å²) in [6.45, 7) is 6.24. The number of carbonyl (C=O) groups is 1. The van der Waals surface area contributed by atoms with Crippen LogP contribution in [0.1, 0.15) is 31.7 Å². The van der Waals surface area contributed by atoms with Crippen molar-refractivity contribution in [3.8, 4) is 11.5 Å². The van der Waals surface area contributed by atoms with Gasteiger partial charge in [0.25, 0.3) is 0 Å². The molecule has 0 radical (unpaired) electrons. The topological polar surface area (TPSA) is 59.6 Å². The van der Waals surface area contributed by atoms with E-state index in [0.717, 1.165) is 36.6 Å². The van der Waals surface area contributed by atoms with Gasteiger partial charge in [0.1, 0.15) is 13.2 Å². The maximum atomic E-state index is 12.1. The molecule has 0 bridgehead atoms. The highest BCUT2D eigenvalue weighted by molar-refractivity contribution is 5.85. The van der Waals surface area contributed by atoms with E-state index in [4.69, 9.17) is 9.47 Å². The first-order chi connectivity index (χ1) is 11.7. The molecule has 140 valence electrons. The number of benzene rings is 1. The zero-order chi connectivity index (χ0) is 16.8. The number of fused-ring (bicyclic) bond motifs is 1. The highest BCUT2D eigenvalue weighted by Crippen LogP contribution is 2.30. The molecule has 0 aliphatic carbocycles. The largest absolute Gasteiger partial charge is 0.486 e. The summed E-state index contributed by atoms with van der Waals surface area (Å²) in [5, 5.41) is 6.43. The first kappa shape index (κ1) is 19.9. The highest BCUT2D eigenvalue weighted by atomic mass is 35.5. The number of hydrogen-bond donors (Lipinski definition) is 2. The standard InChI is InChI=1S/C19H28N2O3.ClH/c1-14(16-5-7-20-8-6-16)12-19(22)21-9-4-15-2-3-17-18(13-15)24-11-10-23-17;/h2-3,13-14,16,20H,4-12H2,1H3,(H,21,22);1H. The van der Waals surface area contributed by atoms with E-state index < -0.39 is 0 Å². The summed E-state index contributed by atoms with van der Waals surface area (Å²) in [6, 6.07) is 6.00. The molecule has 0 aromatic heterocycles. The van der Waals surface area contributed by atoms with Crippen molar-refractivity contribution in [2.24, 2.45) is 11.8 Å². The first-order valence-corrected chi connectivity index (χ1v) is 9.08. The predicted molar refractivity (Wildman–Crippen MR) is 101 cm³/mol. The quantitative estimate of drug-likeness (QED) is 0.810. The molecule has 5 nitrogen and oxygen atoms in total. The molecule has 1 unspecified atom stereocenters. The third kappa shape index (κ3) is 5.79. The number of ether oxygens (including phenoxy) is 2. The molecule has 1 atom stereocenters. The van der Waals surface area contributed by atoms with Gasteiger partial charge in [0, 0.05) is 13.0 Å². The Balaban J connectivity index is 0.00000225. The van der Waals surface area contributed by atoms with Crippen LogP contribution >= 0.6 is 12.4 Å². The second kappa shape index (κ2) is 9.88. The summed E-state index contributed by atoms with van der Waals surface area (Å²) in [5.41, 5.74) is 1.16. The Morgan fingerprint density at radius 2 is 1.96 bits per heavy atom. The minimum Gasteiger partial charge on any atom is -0.486 e. The number of carbonyl (C=O) groups excluding carboxylic acids is 1. The minimum absolute atomic E-state index is 0. The van der Waals surface area contributed by atoms with Crippen molar-refractivity contribution in [2.45, 2.75) is 32.6 Å². The second-order valence-electron chi connectivity index (χ2n) is 6.85. The normalized spacial score (nSPS) is 18.1. The zero-order valence-corrected chi connectivity index (χ0v) is 15.7. The van der Waals surface area contributed by atoms with Gasteiger partial charge in [0.2, 0.25) is 5.91 Å². The van der Waals surface area contributed by atoms with Crippen LogP contribution in [-0.4, -0.2) is 38.8 Å². The van der Waals surface area contributed by atoms with Gasteiger partial charge in [-0.2, -0.15) is 0 Å². The molecule has 1 amide bonds.